The average Bonchev–Trinajstić information content (AvgIpc) is 2.50. The first kappa shape index (κ1) is 12.9. The Bertz CT molecular complexity index is 500. The van der Waals surface area contributed by atoms with E-state index in [9.17, 15) is 18.0 Å². The van der Waals surface area contributed by atoms with E-state index < -0.39 is 23.1 Å². The molecule has 1 heterocycles. The van der Waals surface area contributed by atoms with Crippen molar-refractivity contribution in [2.75, 3.05) is 5.32 Å². The second-order valence-electron chi connectivity index (χ2n) is 5.56. The number of benzene rings is 1. The Morgan fingerprint density at radius 3 is 2.28 bits per heavy atom. The van der Waals surface area contributed by atoms with Gasteiger partial charge in [-0.15, -0.1) is 0 Å². The van der Waals surface area contributed by atoms with Crippen LogP contribution >= 0.6 is 0 Å². The Labute approximate surface area is 103 Å². The zero-order valence-corrected chi connectivity index (χ0v) is 10.4. The number of carbonyl (C=O) groups is 1. The molecule has 18 heavy (non-hydrogen) atoms. The third-order valence-corrected chi connectivity index (χ3v) is 3.09. The van der Waals surface area contributed by atoms with Crippen molar-refractivity contribution in [3.63, 3.8) is 0 Å². The SMILES string of the molecule is CC(C)(C)C1C(=O)Nc2c1cccc2C(F)(F)F. The second-order valence-corrected chi connectivity index (χ2v) is 5.56. The minimum absolute atomic E-state index is 0.0880. The van der Waals surface area contributed by atoms with Gasteiger partial charge in [0.05, 0.1) is 17.2 Å². The van der Waals surface area contributed by atoms with E-state index in [0.717, 1.165) is 6.07 Å². The molecule has 1 aliphatic rings. The summed E-state index contributed by atoms with van der Waals surface area (Å²) in [5, 5.41) is 2.37. The van der Waals surface area contributed by atoms with Crippen molar-refractivity contribution in [1.82, 2.24) is 0 Å². The molecule has 5 heteroatoms. The number of amides is 1. The molecule has 0 saturated carbocycles. The molecule has 1 aliphatic heterocycles. The Kier molecular flexibility index (Phi) is 2.68. The summed E-state index contributed by atoms with van der Waals surface area (Å²) in [7, 11) is 0. The van der Waals surface area contributed by atoms with E-state index in [0.29, 0.717) is 5.56 Å². The van der Waals surface area contributed by atoms with Gasteiger partial charge in [0.2, 0.25) is 5.91 Å². The quantitative estimate of drug-likeness (QED) is 0.752. The summed E-state index contributed by atoms with van der Waals surface area (Å²) >= 11 is 0. The molecule has 2 rings (SSSR count). The lowest BCUT2D eigenvalue weighted by Gasteiger charge is -2.25. The molecule has 0 aromatic heterocycles. The van der Waals surface area contributed by atoms with Crippen LogP contribution < -0.4 is 5.32 Å². The largest absolute Gasteiger partial charge is 0.418 e. The van der Waals surface area contributed by atoms with Gasteiger partial charge < -0.3 is 5.32 Å². The molecule has 98 valence electrons. The molecule has 1 unspecified atom stereocenters. The molecule has 2 nitrogen and oxygen atoms in total. The fourth-order valence-electron chi connectivity index (χ4n) is 2.38. The molecule has 1 N–H and O–H groups in total. The van der Waals surface area contributed by atoms with Gasteiger partial charge in [-0.3, -0.25) is 4.79 Å². The van der Waals surface area contributed by atoms with E-state index in [2.05, 4.69) is 5.32 Å². The van der Waals surface area contributed by atoms with E-state index in [-0.39, 0.29) is 11.6 Å². The zero-order chi connectivity index (χ0) is 13.7. The van der Waals surface area contributed by atoms with Gasteiger partial charge in [0.15, 0.2) is 0 Å². The van der Waals surface area contributed by atoms with Crippen LogP contribution in [0.1, 0.15) is 37.8 Å². The van der Waals surface area contributed by atoms with Crippen LogP contribution in [0.2, 0.25) is 0 Å². The molecule has 1 aromatic carbocycles. The van der Waals surface area contributed by atoms with E-state index in [1.165, 1.54) is 6.07 Å². The first-order chi connectivity index (χ1) is 8.12. The topological polar surface area (TPSA) is 29.1 Å². The van der Waals surface area contributed by atoms with E-state index in [1.807, 2.05) is 20.8 Å². The van der Waals surface area contributed by atoms with Crippen molar-refractivity contribution in [3.8, 4) is 0 Å². The predicted molar refractivity (Wildman–Crippen MR) is 62.3 cm³/mol. The standard InChI is InChI=1S/C13H14F3NO/c1-12(2,3)9-7-5-4-6-8(13(14,15)16)10(7)17-11(9)18/h4-6,9H,1-3H3,(H,17,18). The minimum atomic E-state index is -4.45. The monoisotopic (exact) mass is 257 g/mol. The molecule has 0 saturated heterocycles. The summed E-state index contributed by atoms with van der Waals surface area (Å²) < 4.78 is 38.5. The molecule has 0 spiro atoms. The van der Waals surface area contributed by atoms with Crippen molar-refractivity contribution >= 4 is 11.6 Å². The van der Waals surface area contributed by atoms with Crippen LogP contribution in [-0.2, 0) is 11.0 Å². The number of hydrogen-bond donors (Lipinski definition) is 1. The molecule has 1 amide bonds. The normalized spacial score (nSPS) is 19.7. The third kappa shape index (κ3) is 1.98. The lowest BCUT2D eigenvalue weighted by atomic mass is 9.77. The van der Waals surface area contributed by atoms with Crippen LogP contribution in [0.25, 0.3) is 0 Å². The Morgan fingerprint density at radius 1 is 1.17 bits per heavy atom. The Hall–Kier alpha value is -1.52. The highest BCUT2D eigenvalue weighted by Gasteiger charge is 2.44. The second kappa shape index (κ2) is 3.73. The fourth-order valence-corrected chi connectivity index (χ4v) is 2.38. The molecule has 1 aromatic rings. The summed E-state index contributed by atoms with van der Waals surface area (Å²) in [5.74, 6) is -0.913. The average molecular weight is 257 g/mol. The third-order valence-electron chi connectivity index (χ3n) is 3.09. The molecule has 0 radical (unpaired) electrons. The van der Waals surface area contributed by atoms with Gasteiger partial charge in [0.1, 0.15) is 0 Å². The van der Waals surface area contributed by atoms with Crippen LogP contribution in [-0.4, -0.2) is 5.91 Å². The Balaban J connectivity index is 2.60. The van der Waals surface area contributed by atoms with E-state index >= 15 is 0 Å². The number of anilines is 1. The van der Waals surface area contributed by atoms with E-state index in [1.54, 1.807) is 6.07 Å². The van der Waals surface area contributed by atoms with Gasteiger partial charge >= 0.3 is 6.18 Å². The van der Waals surface area contributed by atoms with Gasteiger partial charge in [-0.05, 0) is 17.0 Å². The van der Waals surface area contributed by atoms with Crippen LogP contribution in [0.4, 0.5) is 18.9 Å². The van der Waals surface area contributed by atoms with Gasteiger partial charge in [0, 0.05) is 0 Å². The summed E-state index contributed by atoms with van der Waals surface area (Å²) in [4.78, 5) is 11.9. The molecule has 1 atom stereocenters. The number of alkyl halides is 3. The molecule has 0 aliphatic carbocycles. The number of fused-ring (bicyclic) bond motifs is 1. The zero-order valence-electron chi connectivity index (χ0n) is 10.4. The van der Waals surface area contributed by atoms with Crippen LogP contribution in [0.3, 0.4) is 0 Å². The highest BCUT2D eigenvalue weighted by molar-refractivity contribution is 6.04. The van der Waals surface area contributed by atoms with Gasteiger partial charge in [-0.25, -0.2) is 0 Å². The van der Waals surface area contributed by atoms with Crippen LogP contribution in [0.15, 0.2) is 18.2 Å². The molecule has 0 fully saturated rings. The number of rotatable bonds is 0. The number of halogens is 3. The van der Waals surface area contributed by atoms with Crippen molar-refractivity contribution in [1.29, 1.82) is 0 Å². The van der Waals surface area contributed by atoms with Crippen LogP contribution in [0.5, 0.6) is 0 Å². The highest BCUT2D eigenvalue weighted by Crippen LogP contribution is 2.47. The number of nitrogens with one attached hydrogen (secondary N) is 1. The number of carbonyl (C=O) groups excluding carboxylic acids is 1. The predicted octanol–water partition coefficient (Wildman–Crippen LogP) is 3.79. The summed E-state index contributed by atoms with van der Waals surface area (Å²) in [6, 6.07) is 3.92. The van der Waals surface area contributed by atoms with Crippen molar-refractivity contribution in [3.05, 3.63) is 29.3 Å². The summed E-state index contributed by atoms with van der Waals surface area (Å²) in [6.07, 6.45) is -4.45. The van der Waals surface area contributed by atoms with Gasteiger partial charge in [-0.1, -0.05) is 32.9 Å². The van der Waals surface area contributed by atoms with Crippen molar-refractivity contribution in [2.24, 2.45) is 5.41 Å². The van der Waals surface area contributed by atoms with Crippen molar-refractivity contribution < 1.29 is 18.0 Å². The Morgan fingerprint density at radius 2 is 1.78 bits per heavy atom. The molecular weight excluding hydrogens is 243 g/mol. The first-order valence-corrected chi connectivity index (χ1v) is 5.63. The van der Waals surface area contributed by atoms with Crippen LogP contribution in [0, 0.1) is 5.41 Å². The lowest BCUT2D eigenvalue weighted by Crippen LogP contribution is -2.25. The van der Waals surface area contributed by atoms with Gasteiger partial charge in [0.25, 0.3) is 0 Å². The maximum atomic E-state index is 12.8. The first-order valence-electron chi connectivity index (χ1n) is 5.63. The summed E-state index contributed by atoms with van der Waals surface area (Å²) in [5.41, 5.74) is -0.850. The summed E-state index contributed by atoms with van der Waals surface area (Å²) in [6.45, 7) is 5.52. The molecule has 0 bridgehead atoms. The highest BCUT2D eigenvalue weighted by atomic mass is 19.4. The number of para-hydroxylation sites is 1. The maximum absolute atomic E-state index is 12.8. The minimum Gasteiger partial charge on any atom is -0.325 e. The lowest BCUT2D eigenvalue weighted by molar-refractivity contribution is -0.136. The van der Waals surface area contributed by atoms with E-state index in [4.69, 9.17) is 0 Å². The fraction of sp³-hybridized carbons (Fsp3) is 0.462. The van der Waals surface area contributed by atoms with Crippen molar-refractivity contribution in [2.45, 2.75) is 32.9 Å². The smallest absolute Gasteiger partial charge is 0.325 e. The number of hydrogen-bond acceptors (Lipinski definition) is 1. The van der Waals surface area contributed by atoms with Gasteiger partial charge in [-0.2, -0.15) is 13.2 Å². The molecular formula is C13H14F3NO. The maximum Gasteiger partial charge on any atom is 0.418 e.